The number of benzene rings is 1. The Morgan fingerprint density at radius 3 is 2.76 bits per heavy atom. The second-order valence-corrected chi connectivity index (χ2v) is 6.49. The summed E-state index contributed by atoms with van der Waals surface area (Å²) in [5, 5.41) is 8.70. The summed E-state index contributed by atoms with van der Waals surface area (Å²) in [6, 6.07) is 12.0. The van der Waals surface area contributed by atoms with Crippen LogP contribution in [0.15, 0.2) is 48.8 Å². The van der Waals surface area contributed by atoms with Crippen molar-refractivity contribution in [1.29, 1.82) is 0 Å². The van der Waals surface area contributed by atoms with Gasteiger partial charge in [0.2, 0.25) is 5.95 Å². The van der Waals surface area contributed by atoms with Gasteiger partial charge in [0.15, 0.2) is 0 Å². The zero-order chi connectivity index (χ0) is 17.1. The number of halogens is 1. The Kier molecular flexibility index (Phi) is 4.63. The van der Waals surface area contributed by atoms with E-state index < -0.39 is 0 Å². The highest BCUT2D eigenvalue weighted by Gasteiger charge is 2.19. The molecule has 0 saturated heterocycles. The first-order valence-electron chi connectivity index (χ1n) is 8.30. The summed E-state index contributed by atoms with van der Waals surface area (Å²) >= 11 is 6.28. The fourth-order valence-corrected chi connectivity index (χ4v) is 3.22. The molecule has 0 aliphatic carbocycles. The predicted octanol–water partition coefficient (Wildman–Crippen LogP) is 2.95. The third kappa shape index (κ3) is 3.81. The van der Waals surface area contributed by atoms with E-state index in [4.69, 9.17) is 11.6 Å². The van der Waals surface area contributed by atoms with Crippen LogP contribution in [0, 0.1) is 0 Å². The van der Waals surface area contributed by atoms with Crippen molar-refractivity contribution in [3.05, 3.63) is 70.8 Å². The lowest BCUT2D eigenvalue weighted by Crippen LogP contribution is -2.33. The molecule has 1 aromatic carbocycles. The molecule has 0 fully saturated rings. The fourth-order valence-electron chi connectivity index (χ4n) is 3.03. The van der Waals surface area contributed by atoms with Crippen molar-refractivity contribution in [1.82, 2.24) is 24.6 Å². The first-order chi connectivity index (χ1) is 12.3. The first-order valence-corrected chi connectivity index (χ1v) is 8.68. The van der Waals surface area contributed by atoms with Crippen LogP contribution in [0.25, 0.3) is 0 Å². The zero-order valence-corrected chi connectivity index (χ0v) is 14.5. The summed E-state index contributed by atoms with van der Waals surface area (Å²) in [4.78, 5) is 10.7. The standard InChI is InChI=1S/C18H19ClN6/c19-17-5-2-1-4-14(17)12-24-8-9-25-16(13-24)10-15(23-25)11-22-18-20-6-3-7-21-18/h1-7,10H,8-9,11-13H2,(H,20,21,22). The molecular formula is C18H19ClN6. The third-order valence-corrected chi connectivity index (χ3v) is 4.64. The monoisotopic (exact) mass is 354 g/mol. The Morgan fingerprint density at radius 2 is 1.92 bits per heavy atom. The molecule has 1 N–H and O–H groups in total. The van der Waals surface area contributed by atoms with Gasteiger partial charge in [-0.3, -0.25) is 9.58 Å². The van der Waals surface area contributed by atoms with Crippen LogP contribution in [0.3, 0.4) is 0 Å². The lowest BCUT2D eigenvalue weighted by molar-refractivity contribution is 0.205. The molecule has 128 valence electrons. The maximum Gasteiger partial charge on any atom is 0.222 e. The second-order valence-electron chi connectivity index (χ2n) is 6.08. The van der Waals surface area contributed by atoms with Gasteiger partial charge >= 0.3 is 0 Å². The molecule has 0 bridgehead atoms. The lowest BCUT2D eigenvalue weighted by Gasteiger charge is -2.27. The predicted molar refractivity (Wildman–Crippen MR) is 97.2 cm³/mol. The van der Waals surface area contributed by atoms with E-state index >= 15 is 0 Å². The largest absolute Gasteiger partial charge is 0.348 e. The Bertz CT molecular complexity index is 848. The highest BCUT2D eigenvalue weighted by molar-refractivity contribution is 6.31. The Morgan fingerprint density at radius 1 is 1.08 bits per heavy atom. The highest BCUT2D eigenvalue weighted by Crippen LogP contribution is 2.21. The number of fused-ring (bicyclic) bond motifs is 1. The molecule has 7 heteroatoms. The molecule has 1 aliphatic heterocycles. The Hall–Kier alpha value is -2.44. The smallest absolute Gasteiger partial charge is 0.222 e. The SMILES string of the molecule is Clc1ccccc1CN1CCn2nc(CNc3ncccn3)cc2C1. The molecule has 0 spiro atoms. The van der Waals surface area contributed by atoms with Crippen LogP contribution in [0.5, 0.6) is 0 Å². The van der Waals surface area contributed by atoms with E-state index in [1.54, 1.807) is 18.5 Å². The molecule has 0 saturated carbocycles. The van der Waals surface area contributed by atoms with E-state index in [-0.39, 0.29) is 0 Å². The van der Waals surface area contributed by atoms with Gasteiger partial charge in [-0.1, -0.05) is 29.8 Å². The van der Waals surface area contributed by atoms with Crippen molar-refractivity contribution in [2.24, 2.45) is 0 Å². The summed E-state index contributed by atoms with van der Waals surface area (Å²) < 4.78 is 2.09. The molecule has 3 aromatic rings. The van der Waals surface area contributed by atoms with Crippen molar-refractivity contribution in [3.8, 4) is 0 Å². The van der Waals surface area contributed by atoms with Crippen LogP contribution in [-0.2, 0) is 26.2 Å². The number of aromatic nitrogens is 4. The Balaban J connectivity index is 1.40. The maximum absolute atomic E-state index is 6.28. The van der Waals surface area contributed by atoms with Gasteiger partial charge in [-0.2, -0.15) is 5.10 Å². The van der Waals surface area contributed by atoms with Gasteiger partial charge in [-0.25, -0.2) is 9.97 Å². The van der Waals surface area contributed by atoms with Crippen LogP contribution >= 0.6 is 11.6 Å². The average molecular weight is 355 g/mol. The van der Waals surface area contributed by atoms with Crippen molar-refractivity contribution < 1.29 is 0 Å². The molecule has 25 heavy (non-hydrogen) atoms. The second kappa shape index (κ2) is 7.21. The van der Waals surface area contributed by atoms with E-state index in [1.165, 1.54) is 11.3 Å². The van der Waals surface area contributed by atoms with Crippen LogP contribution in [0.1, 0.15) is 17.0 Å². The van der Waals surface area contributed by atoms with Crippen molar-refractivity contribution in [2.45, 2.75) is 26.2 Å². The minimum atomic E-state index is 0.619. The van der Waals surface area contributed by atoms with Gasteiger partial charge in [-0.15, -0.1) is 0 Å². The number of hydrogen-bond donors (Lipinski definition) is 1. The maximum atomic E-state index is 6.28. The quantitative estimate of drug-likeness (QED) is 0.763. The summed E-state index contributed by atoms with van der Waals surface area (Å²) in [5.74, 6) is 0.619. The molecule has 1 aliphatic rings. The van der Waals surface area contributed by atoms with Gasteiger partial charge in [0, 0.05) is 37.1 Å². The van der Waals surface area contributed by atoms with E-state index in [1.807, 2.05) is 18.2 Å². The van der Waals surface area contributed by atoms with E-state index in [0.717, 1.165) is 36.9 Å². The summed E-state index contributed by atoms with van der Waals surface area (Å²) in [5.41, 5.74) is 3.39. The zero-order valence-electron chi connectivity index (χ0n) is 13.8. The van der Waals surface area contributed by atoms with Gasteiger partial charge in [-0.05, 0) is 23.8 Å². The third-order valence-electron chi connectivity index (χ3n) is 4.27. The number of hydrogen-bond acceptors (Lipinski definition) is 5. The van der Waals surface area contributed by atoms with Crippen molar-refractivity contribution in [2.75, 3.05) is 11.9 Å². The van der Waals surface area contributed by atoms with E-state index in [0.29, 0.717) is 12.5 Å². The van der Waals surface area contributed by atoms with Gasteiger partial charge in [0.1, 0.15) is 0 Å². The van der Waals surface area contributed by atoms with Crippen LogP contribution in [-0.4, -0.2) is 31.2 Å². The molecule has 6 nitrogen and oxygen atoms in total. The molecule has 3 heterocycles. The fraction of sp³-hybridized carbons (Fsp3) is 0.278. The molecule has 0 unspecified atom stereocenters. The normalized spacial score (nSPS) is 14.3. The van der Waals surface area contributed by atoms with Crippen molar-refractivity contribution in [3.63, 3.8) is 0 Å². The van der Waals surface area contributed by atoms with Crippen molar-refractivity contribution >= 4 is 17.5 Å². The van der Waals surface area contributed by atoms with Crippen LogP contribution in [0.4, 0.5) is 5.95 Å². The molecule has 0 radical (unpaired) electrons. The summed E-state index contributed by atoms with van der Waals surface area (Å²) in [6.07, 6.45) is 3.44. The van der Waals surface area contributed by atoms with Crippen LogP contribution < -0.4 is 5.32 Å². The molecule has 2 aromatic heterocycles. The number of nitrogens with one attached hydrogen (secondary N) is 1. The number of rotatable bonds is 5. The lowest BCUT2D eigenvalue weighted by atomic mass is 10.2. The molecule has 0 amide bonds. The molecule has 4 rings (SSSR count). The van der Waals surface area contributed by atoms with Gasteiger partial charge in [0.25, 0.3) is 0 Å². The first kappa shape index (κ1) is 16.1. The van der Waals surface area contributed by atoms with E-state index in [2.05, 4.69) is 42.1 Å². The average Bonchev–Trinajstić information content (AvgIpc) is 3.05. The highest BCUT2D eigenvalue weighted by atomic mass is 35.5. The molecular weight excluding hydrogens is 336 g/mol. The number of anilines is 1. The number of nitrogens with zero attached hydrogens (tertiary/aromatic N) is 5. The minimum absolute atomic E-state index is 0.619. The summed E-state index contributed by atoms with van der Waals surface area (Å²) in [6.45, 7) is 4.21. The van der Waals surface area contributed by atoms with Gasteiger partial charge in [0.05, 0.1) is 24.5 Å². The molecule has 0 atom stereocenters. The summed E-state index contributed by atoms with van der Waals surface area (Å²) in [7, 11) is 0. The Labute approximate surface area is 151 Å². The van der Waals surface area contributed by atoms with Gasteiger partial charge < -0.3 is 5.32 Å². The minimum Gasteiger partial charge on any atom is -0.348 e. The van der Waals surface area contributed by atoms with Crippen LogP contribution in [0.2, 0.25) is 5.02 Å². The van der Waals surface area contributed by atoms with E-state index in [9.17, 15) is 0 Å². The topological polar surface area (TPSA) is 58.9 Å².